The maximum Gasteiger partial charge on any atom is 0.0767 e. The lowest BCUT2D eigenvalue weighted by Crippen LogP contribution is -2.30. The molecule has 0 aliphatic heterocycles. The topological polar surface area (TPSA) is 25.2 Å². The van der Waals surface area contributed by atoms with E-state index in [9.17, 15) is 5.11 Å². The number of aromatic nitrogens is 1. The highest BCUT2D eigenvalue weighted by atomic mass is 16.3. The van der Waals surface area contributed by atoms with Crippen molar-refractivity contribution in [1.82, 2.24) is 4.57 Å². The smallest absolute Gasteiger partial charge is 0.0767 e. The molecule has 17 heavy (non-hydrogen) atoms. The Hall–Kier alpha value is -1.28. The fourth-order valence-electron chi connectivity index (χ4n) is 2.04. The molecule has 0 saturated carbocycles. The quantitative estimate of drug-likeness (QED) is 0.842. The van der Waals surface area contributed by atoms with E-state index in [1.807, 2.05) is 12.1 Å². The van der Waals surface area contributed by atoms with Crippen molar-refractivity contribution < 1.29 is 5.11 Å². The minimum atomic E-state index is -0.336. The lowest BCUT2D eigenvalue weighted by atomic mass is 9.89. The summed E-state index contributed by atoms with van der Waals surface area (Å²) in [6, 6.07) is 10.5. The van der Waals surface area contributed by atoms with Gasteiger partial charge in [-0.3, -0.25) is 0 Å². The fourth-order valence-corrected chi connectivity index (χ4v) is 2.04. The fraction of sp³-hybridized carbons (Fsp3) is 0.467. The lowest BCUT2D eigenvalue weighted by Gasteiger charge is -2.27. The molecule has 2 nitrogen and oxygen atoms in total. The molecule has 1 N–H and O–H groups in total. The molecular formula is C15H21NO. The van der Waals surface area contributed by atoms with Crippen molar-refractivity contribution in [2.75, 3.05) is 0 Å². The van der Waals surface area contributed by atoms with Crippen molar-refractivity contribution in [3.8, 4) is 0 Å². The summed E-state index contributed by atoms with van der Waals surface area (Å²) in [6.45, 7) is 8.95. The zero-order chi connectivity index (χ0) is 12.6. The van der Waals surface area contributed by atoms with E-state index in [1.165, 1.54) is 16.6 Å². The predicted octanol–water partition coefficient (Wildman–Crippen LogP) is 3.36. The summed E-state index contributed by atoms with van der Waals surface area (Å²) in [7, 11) is 0. The first kappa shape index (κ1) is 12.2. The molecule has 2 rings (SSSR count). The summed E-state index contributed by atoms with van der Waals surface area (Å²) in [5.74, 6) is 0. The SMILES string of the molecule is Cc1cc2ccccc2n1CC(O)C(C)(C)C. The van der Waals surface area contributed by atoms with Crippen LogP contribution in [0.4, 0.5) is 0 Å². The van der Waals surface area contributed by atoms with Gasteiger partial charge in [-0.05, 0) is 29.9 Å². The van der Waals surface area contributed by atoms with Gasteiger partial charge in [0.25, 0.3) is 0 Å². The standard InChI is InChI=1S/C15H21NO/c1-11-9-12-7-5-6-8-13(12)16(11)10-14(17)15(2,3)4/h5-9,14,17H,10H2,1-4H3. The van der Waals surface area contributed by atoms with Crippen LogP contribution in [0.25, 0.3) is 10.9 Å². The normalized spacial score (nSPS) is 14.2. The third-order valence-corrected chi connectivity index (χ3v) is 3.37. The van der Waals surface area contributed by atoms with Crippen LogP contribution in [0.2, 0.25) is 0 Å². The third-order valence-electron chi connectivity index (χ3n) is 3.37. The van der Waals surface area contributed by atoms with Crippen molar-refractivity contribution >= 4 is 10.9 Å². The van der Waals surface area contributed by atoms with E-state index < -0.39 is 0 Å². The molecule has 0 amide bonds. The summed E-state index contributed by atoms with van der Waals surface area (Å²) in [5, 5.41) is 11.5. The van der Waals surface area contributed by atoms with Crippen LogP contribution in [0.1, 0.15) is 26.5 Å². The number of rotatable bonds is 2. The summed E-state index contributed by atoms with van der Waals surface area (Å²) < 4.78 is 2.20. The molecular weight excluding hydrogens is 210 g/mol. The Kier molecular flexibility index (Phi) is 3.00. The van der Waals surface area contributed by atoms with E-state index >= 15 is 0 Å². The molecule has 0 aliphatic carbocycles. The van der Waals surface area contributed by atoms with Crippen molar-refractivity contribution in [2.24, 2.45) is 5.41 Å². The van der Waals surface area contributed by atoms with Crippen molar-refractivity contribution in [3.63, 3.8) is 0 Å². The first-order valence-electron chi connectivity index (χ1n) is 6.12. The molecule has 1 atom stereocenters. The molecule has 0 fully saturated rings. The molecule has 0 spiro atoms. The lowest BCUT2D eigenvalue weighted by molar-refractivity contribution is 0.0487. The molecule has 0 aliphatic rings. The molecule has 92 valence electrons. The van der Waals surface area contributed by atoms with Crippen LogP contribution in [0.3, 0.4) is 0 Å². The van der Waals surface area contributed by atoms with Gasteiger partial charge in [-0.15, -0.1) is 0 Å². The third kappa shape index (κ3) is 2.37. The van der Waals surface area contributed by atoms with Crippen LogP contribution in [0, 0.1) is 12.3 Å². The first-order valence-corrected chi connectivity index (χ1v) is 6.12. The van der Waals surface area contributed by atoms with Gasteiger partial charge in [0.2, 0.25) is 0 Å². The zero-order valence-electron chi connectivity index (χ0n) is 11.1. The van der Waals surface area contributed by atoms with Gasteiger partial charge >= 0.3 is 0 Å². The largest absolute Gasteiger partial charge is 0.391 e. The molecule has 0 bridgehead atoms. The van der Waals surface area contributed by atoms with Gasteiger partial charge < -0.3 is 9.67 Å². The molecule has 2 heteroatoms. The predicted molar refractivity (Wildman–Crippen MR) is 72.1 cm³/mol. The zero-order valence-corrected chi connectivity index (χ0v) is 11.1. The summed E-state index contributed by atoms with van der Waals surface area (Å²) in [4.78, 5) is 0. The average Bonchev–Trinajstić information content (AvgIpc) is 2.54. The van der Waals surface area contributed by atoms with Crippen molar-refractivity contribution in [3.05, 3.63) is 36.0 Å². The Morgan fingerprint density at radius 3 is 2.53 bits per heavy atom. The summed E-state index contributed by atoms with van der Waals surface area (Å²) in [6.07, 6.45) is -0.336. The molecule has 1 aromatic carbocycles. The monoisotopic (exact) mass is 231 g/mol. The van der Waals surface area contributed by atoms with E-state index in [2.05, 4.69) is 50.5 Å². The van der Waals surface area contributed by atoms with Crippen LogP contribution in [0.5, 0.6) is 0 Å². The van der Waals surface area contributed by atoms with E-state index in [0.717, 1.165) is 0 Å². The van der Waals surface area contributed by atoms with Crippen molar-refractivity contribution in [1.29, 1.82) is 0 Å². The Balaban J connectivity index is 2.39. The number of benzene rings is 1. The maximum absolute atomic E-state index is 10.2. The second-order valence-corrected chi connectivity index (χ2v) is 5.84. The van der Waals surface area contributed by atoms with Crippen molar-refractivity contribution in [2.45, 2.75) is 40.3 Å². The molecule has 1 unspecified atom stereocenters. The van der Waals surface area contributed by atoms with Gasteiger partial charge in [0, 0.05) is 17.8 Å². The number of nitrogens with zero attached hydrogens (tertiary/aromatic N) is 1. The van der Waals surface area contributed by atoms with Crippen LogP contribution in [-0.4, -0.2) is 15.8 Å². The average molecular weight is 231 g/mol. The number of hydrogen-bond acceptors (Lipinski definition) is 1. The van der Waals surface area contributed by atoms with Crippen LogP contribution in [-0.2, 0) is 6.54 Å². The van der Waals surface area contributed by atoms with E-state index in [4.69, 9.17) is 0 Å². The van der Waals surface area contributed by atoms with Crippen LogP contribution in [0.15, 0.2) is 30.3 Å². The first-order chi connectivity index (χ1) is 7.89. The highest BCUT2D eigenvalue weighted by Gasteiger charge is 2.23. The molecule has 1 aromatic heterocycles. The van der Waals surface area contributed by atoms with Crippen LogP contribution < -0.4 is 0 Å². The second kappa shape index (κ2) is 4.19. The number of aliphatic hydroxyl groups excluding tert-OH is 1. The van der Waals surface area contributed by atoms with Gasteiger partial charge in [0.15, 0.2) is 0 Å². The molecule has 2 aromatic rings. The minimum Gasteiger partial charge on any atom is -0.391 e. The Morgan fingerprint density at radius 2 is 1.88 bits per heavy atom. The summed E-state index contributed by atoms with van der Waals surface area (Å²) >= 11 is 0. The van der Waals surface area contributed by atoms with Gasteiger partial charge in [0.1, 0.15) is 0 Å². The van der Waals surface area contributed by atoms with Crippen LogP contribution >= 0.6 is 0 Å². The van der Waals surface area contributed by atoms with Gasteiger partial charge in [-0.1, -0.05) is 39.0 Å². The Bertz CT molecular complexity index is 519. The second-order valence-electron chi connectivity index (χ2n) is 5.84. The highest BCUT2D eigenvalue weighted by molar-refractivity contribution is 5.81. The van der Waals surface area contributed by atoms with Gasteiger partial charge in [0.05, 0.1) is 6.10 Å². The van der Waals surface area contributed by atoms with Gasteiger partial charge in [-0.2, -0.15) is 0 Å². The summed E-state index contributed by atoms with van der Waals surface area (Å²) in [5.41, 5.74) is 2.32. The number of para-hydroxylation sites is 1. The Morgan fingerprint density at radius 1 is 1.24 bits per heavy atom. The molecule has 0 radical (unpaired) electrons. The number of aliphatic hydroxyl groups is 1. The van der Waals surface area contributed by atoms with E-state index in [0.29, 0.717) is 6.54 Å². The maximum atomic E-state index is 10.2. The molecule has 0 saturated heterocycles. The highest BCUT2D eigenvalue weighted by Crippen LogP contribution is 2.24. The minimum absolute atomic E-state index is 0.0855. The van der Waals surface area contributed by atoms with E-state index in [-0.39, 0.29) is 11.5 Å². The number of fused-ring (bicyclic) bond motifs is 1. The Labute approximate surface area is 103 Å². The molecule has 1 heterocycles. The van der Waals surface area contributed by atoms with Gasteiger partial charge in [-0.25, -0.2) is 0 Å². The number of hydrogen-bond donors (Lipinski definition) is 1. The van der Waals surface area contributed by atoms with E-state index in [1.54, 1.807) is 0 Å². The number of aryl methyl sites for hydroxylation is 1.